The lowest BCUT2D eigenvalue weighted by atomic mass is 10.2. The fraction of sp³-hybridized carbons (Fsp3) is 0.214. The van der Waals surface area contributed by atoms with Crippen LogP contribution in [-0.2, 0) is 15.8 Å². The van der Waals surface area contributed by atoms with Crippen LogP contribution in [0, 0.1) is 0 Å². The van der Waals surface area contributed by atoms with Crippen LogP contribution < -0.4 is 4.72 Å². The summed E-state index contributed by atoms with van der Waals surface area (Å²) in [5.41, 5.74) is 0.977. The minimum Gasteiger partial charge on any atom is -0.356 e. The van der Waals surface area contributed by atoms with Gasteiger partial charge in [0.2, 0.25) is 10.0 Å². The third kappa shape index (κ3) is 3.33. The third-order valence-corrected chi connectivity index (χ3v) is 5.94. The second-order valence-electron chi connectivity index (χ2n) is 4.87. The zero-order valence-corrected chi connectivity index (χ0v) is 14.0. The summed E-state index contributed by atoms with van der Waals surface area (Å²) < 4.78 is 33.0. The van der Waals surface area contributed by atoms with Crippen LogP contribution >= 0.6 is 22.9 Å². The maximum atomic E-state index is 12.3. The summed E-state index contributed by atoms with van der Waals surface area (Å²) in [6.07, 6.45) is 0. The first-order chi connectivity index (χ1) is 10.4. The Morgan fingerprint density at radius 2 is 2.09 bits per heavy atom. The Kier molecular flexibility index (Phi) is 4.22. The van der Waals surface area contributed by atoms with Gasteiger partial charge in [-0.2, -0.15) is 0 Å². The smallest absolute Gasteiger partial charge is 0.218 e. The second kappa shape index (κ2) is 6.00. The predicted octanol–water partition coefficient (Wildman–Crippen LogP) is 3.72. The van der Waals surface area contributed by atoms with Crippen LogP contribution in [0.25, 0.3) is 11.0 Å². The van der Waals surface area contributed by atoms with Crippen LogP contribution in [0.2, 0.25) is 4.34 Å². The van der Waals surface area contributed by atoms with E-state index in [0.717, 1.165) is 4.88 Å². The maximum Gasteiger partial charge on any atom is 0.218 e. The summed E-state index contributed by atoms with van der Waals surface area (Å²) in [7, 11) is -3.54. The summed E-state index contributed by atoms with van der Waals surface area (Å²) in [5, 5.41) is 4.56. The van der Waals surface area contributed by atoms with E-state index in [-0.39, 0.29) is 11.8 Å². The van der Waals surface area contributed by atoms with E-state index >= 15 is 0 Å². The normalized spacial score (nSPS) is 13.5. The van der Waals surface area contributed by atoms with Gasteiger partial charge in [-0.25, -0.2) is 13.1 Å². The summed E-state index contributed by atoms with van der Waals surface area (Å²) in [4.78, 5) is 0.860. The fourth-order valence-electron chi connectivity index (χ4n) is 2.15. The Labute approximate surface area is 136 Å². The number of nitrogens with zero attached hydrogens (tertiary/aromatic N) is 1. The van der Waals surface area contributed by atoms with Crippen LogP contribution in [0.1, 0.15) is 23.5 Å². The van der Waals surface area contributed by atoms with Gasteiger partial charge in [0.1, 0.15) is 11.4 Å². The number of nitrogens with one attached hydrogen (secondary N) is 1. The van der Waals surface area contributed by atoms with Crippen molar-refractivity contribution in [2.45, 2.75) is 18.7 Å². The van der Waals surface area contributed by atoms with Crippen molar-refractivity contribution >= 4 is 43.9 Å². The molecule has 8 heteroatoms. The van der Waals surface area contributed by atoms with Crippen LogP contribution in [0.3, 0.4) is 0 Å². The van der Waals surface area contributed by atoms with E-state index in [1.54, 1.807) is 25.1 Å². The molecule has 0 aliphatic carbocycles. The molecule has 1 N–H and O–H groups in total. The number of fused-ring (bicyclic) bond motifs is 1. The summed E-state index contributed by atoms with van der Waals surface area (Å²) in [5.74, 6) is -0.229. The number of thiophene rings is 1. The Morgan fingerprint density at radius 3 is 2.82 bits per heavy atom. The molecule has 0 spiro atoms. The van der Waals surface area contributed by atoms with Gasteiger partial charge in [0.05, 0.1) is 10.4 Å². The van der Waals surface area contributed by atoms with Gasteiger partial charge in [-0.05, 0) is 31.2 Å². The molecule has 0 aliphatic rings. The van der Waals surface area contributed by atoms with Gasteiger partial charge in [-0.1, -0.05) is 28.9 Å². The van der Waals surface area contributed by atoms with E-state index in [1.807, 2.05) is 18.2 Å². The molecule has 1 atom stereocenters. The zero-order valence-electron chi connectivity index (χ0n) is 11.6. The summed E-state index contributed by atoms with van der Waals surface area (Å²) in [6.45, 7) is 1.78. The third-order valence-electron chi connectivity index (χ3n) is 3.16. The lowest BCUT2D eigenvalue weighted by Gasteiger charge is -2.11. The molecule has 0 saturated carbocycles. The van der Waals surface area contributed by atoms with Crippen molar-refractivity contribution in [2.24, 2.45) is 0 Å². The van der Waals surface area contributed by atoms with Crippen LogP contribution in [0.5, 0.6) is 0 Å². The zero-order chi connectivity index (χ0) is 15.7. The minimum absolute atomic E-state index is 0.229. The highest BCUT2D eigenvalue weighted by molar-refractivity contribution is 7.88. The average Bonchev–Trinajstić information content (AvgIpc) is 3.05. The molecule has 0 saturated heterocycles. The number of para-hydroxylation sites is 1. The fourth-order valence-corrected chi connectivity index (χ4v) is 4.61. The summed E-state index contributed by atoms with van der Waals surface area (Å²) in [6, 6.07) is 10.4. The van der Waals surface area contributed by atoms with E-state index in [4.69, 9.17) is 16.1 Å². The lowest BCUT2D eigenvalue weighted by Crippen LogP contribution is -2.27. The van der Waals surface area contributed by atoms with Crippen molar-refractivity contribution in [2.75, 3.05) is 0 Å². The number of hydrogen-bond acceptors (Lipinski definition) is 5. The first-order valence-corrected chi connectivity index (χ1v) is 9.38. The standard InChI is InChI=1S/C14H13ClN2O3S2/c1-9(13-6-7-14(15)21-13)17-22(18,19)8-11-10-4-2-3-5-12(10)20-16-11/h2-7,9,17H,8H2,1H3/t9-/m1/s1. The first kappa shape index (κ1) is 15.5. The van der Waals surface area contributed by atoms with Gasteiger partial charge >= 0.3 is 0 Å². The molecule has 3 aromatic rings. The van der Waals surface area contributed by atoms with E-state index in [0.29, 0.717) is 21.0 Å². The monoisotopic (exact) mass is 356 g/mol. The molecule has 5 nitrogen and oxygen atoms in total. The number of aromatic nitrogens is 1. The number of rotatable bonds is 5. The topological polar surface area (TPSA) is 72.2 Å². The lowest BCUT2D eigenvalue weighted by molar-refractivity contribution is 0.448. The van der Waals surface area contributed by atoms with Crippen molar-refractivity contribution in [3.8, 4) is 0 Å². The van der Waals surface area contributed by atoms with Gasteiger partial charge in [0.25, 0.3) is 0 Å². The van der Waals surface area contributed by atoms with E-state index in [1.165, 1.54) is 11.3 Å². The molecule has 0 amide bonds. The Hall–Kier alpha value is -1.41. The van der Waals surface area contributed by atoms with E-state index in [2.05, 4.69) is 9.88 Å². The Bertz CT molecular complexity index is 902. The number of benzene rings is 1. The Balaban J connectivity index is 1.79. The van der Waals surface area contributed by atoms with Crippen molar-refractivity contribution in [3.63, 3.8) is 0 Å². The molecule has 0 unspecified atom stereocenters. The number of sulfonamides is 1. The van der Waals surface area contributed by atoms with Crippen molar-refractivity contribution in [1.82, 2.24) is 9.88 Å². The van der Waals surface area contributed by atoms with Gasteiger partial charge in [-0.3, -0.25) is 0 Å². The minimum atomic E-state index is -3.54. The quantitative estimate of drug-likeness (QED) is 0.756. The molecule has 22 heavy (non-hydrogen) atoms. The molecule has 116 valence electrons. The van der Waals surface area contributed by atoms with Gasteiger partial charge < -0.3 is 4.52 Å². The summed E-state index contributed by atoms with van der Waals surface area (Å²) >= 11 is 7.23. The van der Waals surface area contributed by atoms with Gasteiger partial charge in [0, 0.05) is 10.3 Å². The van der Waals surface area contributed by atoms with Crippen LogP contribution in [0.15, 0.2) is 40.9 Å². The van der Waals surface area contributed by atoms with Crippen LogP contribution in [-0.4, -0.2) is 13.6 Å². The number of halogens is 1. The SMILES string of the molecule is C[C@@H](NS(=O)(=O)Cc1noc2ccccc12)c1ccc(Cl)s1. The molecule has 0 fully saturated rings. The van der Waals surface area contributed by atoms with E-state index in [9.17, 15) is 8.42 Å². The van der Waals surface area contributed by atoms with Crippen LogP contribution in [0.4, 0.5) is 0 Å². The molecular formula is C14H13ClN2O3S2. The van der Waals surface area contributed by atoms with Gasteiger partial charge in [-0.15, -0.1) is 11.3 Å². The van der Waals surface area contributed by atoms with Crippen molar-refractivity contribution in [3.05, 3.63) is 51.3 Å². The second-order valence-corrected chi connectivity index (χ2v) is 8.37. The molecule has 2 heterocycles. The van der Waals surface area contributed by atoms with E-state index < -0.39 is 10.0 Å². The highest BCUT2D eigenvalue weighted by Gasteiger charge is 2.21. The number of hydrogen-bond donors (Lipinski definition) is 1. The molecule has 0 radical (unpaired) electrons. The largest absolute Gasteiger partial charge is 0.356 e. The maximum absolute atomic E-state index is 12.3. The molecule has 1 aromatic carbocycles. The highest BCUT2D eigenvalue weighted by atomic mass is 35.5. The van der Waals surface area contributed by atoms with Crippen molar-refractivity contribution in [1.29, 1.82) is 0 Å². The Morgan fingerprint density at radius 1 is 1.32 bits per heavy atom. The molecule has 0 bridgehead atoms. The average molecular weight is 357 g/mol. The van der Waals surface area contributed by atoms with Crippen molar-refractivity contribution < 1.29 is 12.9 Å². The first-order valence-electron chi connectivity index (χ1n) is 6.53. The molecule has 3 rings (SSSR count). The van der Waals surface area contributed by atoms with Gasteiger partial charge in [0.15, 0.2) is 5.58 Å². The predicted molar refractivity (Wildman–Crippen MR) is 87.5 cm³/mol. The molecule has 2 aromatic heterocycles. The molecular weight excluding hydrogens is 344 g/mol. The highest BCUT2D eigenvalue weighted by Crippen LogP contribution is 2.27. The molecule has 0 aliphatic heterocycles.